The van der Waals surface area contributed by atoms with E-state index in [1.807, 2.05) is 30.3 Å². The first kappa shape index (κ1) is 17.7. The summed E-state index contributed by atoms with van der Waals surface area (Å²) in [6.45, 7) is 2.85. The summed E-state index contributed by atoms with van der Waals surface area (Å²) < 4.78 is 2.27. The van der Waals surface area contributed by atoms with E-state index in [4.69, 9.17) is 0 Å². The Labute approximate surface area is 163 Å². The number of fused-ring (bicyclic) bond motifs is 1. The smallest absolute Gasteiger partial charge is 0.289 e. The van der Waals surface area contributed by atoms with Crippen molar-refractivity contribution in [2.45, 2.75) is 13.5 Å². The molecule has 5 nitrogen and oxygen atoms in total. The van der Waals surface area contributed by atoms with E-state index in [2.05, 4.69) is 51.3 Å². The lowest BCUT2D eigenvalue weighted by Gasteiger charge is -2.08. The molecule has 2 aromatic heterocycles. The van der Waals surface area contributed by atoms with Crippen LogP contribution in [0.15, 0.2) is 84.1 Å². The van der Waals surface area contributed by atoms with Crippen LogP contribution in [-0.2, 0) is 6.54 Å². The van der Waals surface area contributed by atoms with Gasteiger partial charge in [0.2, 0.25) is 0 Å². The van der Waals surface area contributed by atoms with Crippen LogP contribution in [0.1, 0.15) is 27.3 Å². The van der Waals surface area contributed by atoms with Crippen LogP contribution in [0.5, 0.6) is 0 Å². The summed E-state index contributed by atoms with van der Waals surface area (Å²) >= 11 is 0. The van der Waals surface area contributed by atoms with Crippen LogP contribution in [0, 0.1) is 6.92 Å². The van der Waals surface area contributed by atoms with Gasteiger partial charge in [-0.1, -0.05) is 54.6 Å². The van der Waals surface area contributed by atoms with Crippen molar-refractivity contribution < 1.29 is 4.79 Å². The van der Waals surface area contributed by atoms with Gasteiger partial charge in [-0.3, -0.25) is 9.78 Å². The van der Waals surface area contributed by atoms with Crippen molar-refractivity contribution in [3.8, 4) is 0 Å². The van der Waals surface area contributed by atoms with Crippen molar-refractivity contribution in [2.75, 3.05) is 0 Å². The quantitative estimate of drug-likeness (QED) is 0.425. The molecule has 0 atom stereocenters. The Morgan fingerprint density at radius 1 is 1.04 bits per heavy atom. The van der Waals surface area contributed by atoms with Crippen LogP contribution >= 0.6 is 0 Å². The molecule has 0 fully saturated rings. The molecular weight excluding hydrogens is 348 g/mol. The third-order valence-corrected chi connectivity index (χ3v) is 4.72. The second-order valence-corrected chi connectivity index (χ2v) is 6.50. The SMILES string of the molecule is Cc1c(/C=N/NC(=O)c2ccccn2)c2ccccc2n1Cc1ccccc1. The van der Waals surface area contributed by atoms with E-state index >= 15 is 0 Å². The topological polar surface area (TPSA) is 59.3 Å². The number of para-hydroxylation sites is 1. The van der Waals surface area contributed by atoms with Gasteiger partial charge in [0.25, 0.3) is 5.91 Å². The minimum atomic E-state index is -0.331. The number of hydrazone groups is 1. The third kappa shape index (κ3) is 3.55. The minimum absolute atomic E-state index is 0.331. The number of aromatic nitrogens is 2. The highest BCUT2D eigenvalue weighted by molar-refractivity contribution is 6.02. The molecular formula is C23H20N4O. The summed E-state index contributed by atoms with van der Waals surface area (Å²) in [6.07, 6.45) is 3.29. The zero-order valence-electron chi connectivity index (χ0n) is 15.5. The van der Waals surface area contributed by atoms with Gasteiger partial charge in [0.15, 0.2) is 0 Å². The average molecular weight is 368 g/mol. The molecule has 4 rings (SSSR count). The lowest BCUT2D eigenvalue weighted by molar-refractivity contribution is 0.0950. The maximum absolute atomic E-state index is 12.1. The van der Waals surface area contributed by atoms with Gasteiger partial charge in [-0.05, 0) is 30.7 Å². The first-order valence-corrected chi connectivity index (χ1v) is 9.10. The van der Waals surface area contributed by atoms with Crippen LogP contribution in [0.25, 0.3) is 10.9 Å². The van der Waals surface area contributed by atoms with E-state index in [1.54, 1.807) is 30.6 Å². The Balaban J connectivity index is 1.64. The second kappa shape index (κ2) is 7.88. The predicted molar refractivity (Wildman–Crippen MR) is 112 cm³/mol. The number of nitrogens with one attached hydrogen (secondary N) is 1. The highest BCUT2D eigenvalue weighted by Gasteiger charge is 2.13. The van der Waals surface area contributed by atoms with Gasteiger partial charge in [0.05, 0.1) is 6.21 Å². The zero-order chi connectivity index (χ0) is 19.3. The molecule has 2 aromatic carbocycles. The maximum atomic E-state index is 12.1. The van der Waals surface area contributed by atoms with Crippen molar-refractivity contribution in [1.82, 2.24) is 15.0 Å². The van der Waals surface area contributed by atoms with Crippen LogP contribution < -0.4 is 5.43 Å². The van der Waals surface area contributed by atoms with E-state index in [-0.39, 0.29) is 5.91 Å². The maximum Gasteiger partial charge on any atom is 0.289 e. The highest BCUT2D eigenvalue weighted by atomic mass is 16.2. The van der Waals surface area contributed by atoms with Gasteiger partial charge in [-0.25, -0.2) is 5.43 Å². The molecule has 4 aromatic rings. The number of rotatable bonds is 5. The van der Waals surface area contributed by atoms with Crippen molar-refractivity contribution in [2.24, 2.45) is 5.10 Å². The Bertz CT molecular complexity index is 1130. The fraction of sp³-hybridized carbons (Fsp3) is 0.0870. The number of carbonyl (C=O) groups excluding carboxylic acids is 1. The molecule has 5 heteroatoms. The van der Waals surface area contributed by atoms with E-state index in [0.29, 0.717) is 5.69 Å². The Morgan fingerprint density at radius 3 is 2.57 bits per heavy atom. The molecule has 0 saturated carbocycles. The fourth-order valence-corrected chi connectivity index (χ4v) is 3.30. The van der Waals surface area contributed by atoms with Crippen LogP contribution in [-0.4, -0.2) is 21.7 Å². The largest absolute Gasteiger partial charge is 0.340 e. The molecule has 1 amide bonds. The predicted octanol–water partition coefficient (Wildman–Crippen LogP) is 4.16. The van der Waals surface area contributed by atoms with Gasteiger partial charge in [-0.2, -0.15) is 5.10 Å². The minimum Gasteiger partial charge on any atom is -0.340 e. The lowest BCUT2D eigenvalue weighted by atomic mass is 10.1. The number of pyridine rings is 1. The van der Waals surface area contributed by atoms with E-state index in [9.17, 15) is 4.79 Å². The van der Waals surface area contributed by atoms with Gasteiger partial charge in [0, 0.05) is 34.9 Å². The molecule has 0 unspecified atom stereocenters. The molecule has 0 aliphatic carbocycles. The molecule has 0 bridgehead atoms. The molecule has 0 saturated heterocycles. The van der Waals surface area contributed by atoms with Crippen molar-refractivity contribution >= 4 is 23.0 Å². The first-order chi connectivity index (χ1) is 13.7. The molecule has 0 aliphatic rings. The molecule has 0 radical (unpaired) electrons. The summed E-state index contributed by atoms with van der Waals surface area (Å²) in [7, 11) is 0. The van der Waals surface area contributed by atoms with Gasteiger partial charge in [0.1, 0.15) is 5.69 Å². The van der Waals surface area contributed by atoms with E-state index in [0.717, 1.165) is 28.7 Å². The van der Waals surface area contributed by atoms with Crippen molar-refractivity contribution in [1.29, 1.82) is 0 Å². The molecule has 28 heavy (non-hydrogen) atoms. The van der Waals surface area contributed by atoms with E-state index < -0.39 is 0 Å². The number of nitrogens with zero attached hydrogens (tertiary/aromatic N) is 3. The number of benzene rings is 2. The van der Waals surface area contributed by atoms with Gasteiger partial charge < -0.3 is 4.57 Å². The summed E-state index contributed by atoms with van der Waals surface area (Å²) in [5, 5.41) is 5.27. The number of hydrogen-bond acceptors (Lipinski definition) is 3. The first-order valence-electron chi connectivity index (χ1n) is 9.10. The standard InChI is InChI=1S/C23H20N4O/c1-17-20(15-25-26-23(28)21-12-7-8-14-24-21)19-11-5-6-13-22(19)27(17)16-18-9-3-2-4-10-18/h2-15H,16H2,1H3,(H,26,28)/b25-15+. The monoisotopic (exact) mass is 368 g/mol. The van der Waals surface area contributed by atoms with E-state index in [1.165, 1.54) is 5.56 Å². The van der Waals surface area contributed by atoms with Crippen LogP contribution in [0.2, 0.25) is 0 Å². The fourth-order valence-electron chi connectivity index (χ4n) is 3.30. The Hall–Kier alpha value is -3.73. The van der Waals surface area contributed by atoms with Crippen molar-refractivity contribution in [3.05, 3.63) is 102 Å². The Kier molecular flexibility index (Phi) is 4.97. The number of carbonyl (C=O) groups is 1. The van der Waals surface area contributed by atoms with Gasteiger partial charge in [-0.15, -0.1) is 0 Å². The normalized spacial score (nSPS) is 11.2. The third-order valence-electron chi connectivity index (χ3n) is 4.72. The lowest BCUT2D eigenvalue weighted by Crippen LogP contribution is -2.18. The molecule has 138 valence electrons. The highest BCUT2D eigenvalue weighted by Crippen LogP contribution is 2.25. The number of amides is 1. The average Bonchev–Trinajstić information content (AvgIpc) is 3.01. The summed E-state index contributed by atoms with van der Waals surface area (Å²) in [5.41, 5.74) is 7.36. The summed E-state index contributed by atoms with van der Waals surface area (Å²) in [4.78, 5) is 16.2. The van der Waals surface area contributed by atoms with Crippen LogP contribution in [0.4, 0.5) is 0 Å². The van der Waals surface area contributed by atoms with Crippen molar-refractivity contribution in [3.63, 3.8) is 0 Å². The molecule has 0 spiro atoms. The molecule has 1 N–H and O–H groups in total. The Morgan fingerprint density at radius 2 is 1.79 bits per heavy atom. The molecule has 2 heterocycles. The number of hydrogen-bond donors (Lipinski definition) is 1. The molecule has 0 aliphatic heterocycles. The zero-order valence-corrected chi connectivity index (χ0v) is 15.5. The van der Waals surface area contributed by atoms with Gasteiger partial charge >= 0.3 is 0 Å². The second-order valence-electron chi connectivity index (χ2n) is 6.50. The summed E-state index contributed by atoms with van der Waals surface area (Å²) in [5.74, 6) is -0.331. The van der Waals surface area contributed by atoms with Crippen LogP contribution in [0.3, 0.4) is 0 Å². The summed E-state index contributed by atoms with van der Waals surface area (Å²) in [6, 6.07) is 23.8.